The maximum Gasteiger partial charge on any atom is 0.243 e. The SMILES string of the molecule is Cc1cc(C)nc(N2CCC3(CC2)NCCN(Cc2nn(C)cc2-c2cccc(N4CCOCC4)c2)C3=O)n1. The minimum absolute atomic E-state index is 0.174. The Kier molecular flexibility index (Phi) is 6.99. The highest BCUT2D eigenvalue weighted by Crippen LogP contribution is 2.32. The number of hydrogen-bond acceptors (Lipinski definition) is 8. The van der Waals surface area contributed by atoms with Crippen molar-refractivity contribution < 1.29 is 9.53 Å². The van der Waals surface area contributed by atoms with Gasteiger partial charge in [-0.15, -0.1) is 0 Å². The van der Waals surface area contributed by atoms with Gasteiger partial charge >= 0.3 is 0 Å². The molecule has 3 fully saturated rings. The van der Waals surface area contributed by atoms with Gasteiger partial charge in [0.1, 0.15) is 5.54 Å². The van der Waals surface area contributed by atoms with Gasteiger partial charge in [0.2, 0.25) is 11.9 Å². The molecule has 5 heterocycles. The van der Waals surface area contributed by atoms with Crippen LogP contribution in [0.5, 0.6) is 0 Å². The molecule has 1 spiro atoms. The summed E-state index contributed by atoms with van der Waals surface area (Å²) in [5, 5.41) is 8.39. The average Bonchev–Trinajstić information content (AvgIpc) is 3.31. The molecule has 10 nitrogen and oxygen atoms in total. The fourth-order valence-electron chi connectivity index (χ4n) is 6.15. The molecule has 0 bridgehead atoms. The number of anilines is 2. The lowest BCUT2D eigenvalue weighted by Gasteiger charge is -2.47. The van der Waals surface area contributed by atoms with Gasteiger partial charge in [0.05, 0.1) is 25.5 Å². The number of piperidine rings is 1. The zero-order chi connectivity index (χ0) is 27.0. The van der Waals surface area contributed by atoms with E-state index in [1.807, 2.05) is 36.5 Å². The van der Waals surface area contributed by atoms with Gasteiger partial charge in [-0.25, -0.2) is 9.97 Å². The third-order valence-electron chi connectivity index (χ3n) is 8.19. The molecular weight excluding hydrogens is 492 g/mol. The van der Waals surface area contributed by atoms with Crippen LogP contribution in [0.25, 0.3) is 11.1 Å². The molecule has 6 rings (SSSR count). The molecule has 0 saturated carbocycles. The largest absolute Gasteiger partial charge is 0.378 e. The normalized spacial score (nSPS) is 19.7. The van der Waals surface area contributed by atoms with Crippen LogP contribution in [0.15, 0.2) is 36.5 Å². The van der Waals surface area contributed by atoms with Crippen molar-refractivity contribution in [3.63, 3.8) is 0 Å². The number of hydrogen-bond donors (Lipinski definition) is 1. The van der Waals surface area contributed by atoms with Gasteiger partial charge in [0.15, 0.2) is 0 Å². The van der Waals surface area contributed by atoms with Crippen LogP contribution in [0.3, 0.4) is 0 Å². The van der Waals surface area contributed by atoms with Crippen molar-refractivity contribution in [1.82, 2.24) is 30.0 Å². The predicted molar refractivity (Wildman–Crippen MR) is 151 cm³/mol. The van der Waals surface area contributed by atoms with Crippen molar-refractivity contribution in [2.75, 3.05) is 62.3 Å². The van der Waals surface area contributed by atoms with E-state index < -0.39 is 5.54 Å². The van der Waals surface area contributed by atoms with Gasteiger partial charge in [0, 0.05) is 75.2 Å². The standard InChI is InChI=1S/C29H38N8O2/c1-21-17-22(2)32-28(31-21)36-10-7-29(8-11-36)27(38)37(12-9-30-29)20-26-25(19-34(3)33-26)23-5-4-6-24(18-23)35-13-15-39-16-14-35/h4-6,17-19,30H,7-16,20H2,1-3H3. The molecule has 0 radical (unpaired) electrons. The van der Waals surface area contributed by atoms with E-state index in [4.69, 9.17) is 9.84 Å². The van der Waals surface area contributed by atoms with Crippen molar-refractivity contribution in [2.45, 2.75) is 38.8 Å². The summed E-state index contributed by atoms with van der Waals surface area (Å²) in [7, 11) is 1.95. The summed E-state index contributed by atoms with van der Waals surface area (Å²) in [4.78, 5) is 29.8. The molecule has 1 N–H and O–H groups in total. The maximum atomic E-state index is 13.9. The first kappa shape index (κ1) is 25.8. The molecule has 1 aromatic carbocycles. The number of carbonyl (C=O) groups is 1. The van der Waals surface area contributed by atoms with E-state index >= 15 is 0 Å². The highest BCUT2D eigenvalue weighted by molar-refractivity contribution is 5.88. The predicted octanol–water partition coefficient (Wildman–Crippen LogP) is 2.30. The van der Waals surface area contributed by atoms with E-state index in [9.17, 15) is 4.79 Å². The van der Waals surface area contributed by atoms with Gasteiger partial charge in [-0.2, -0.15) is 5.10 Å². The monoisotopic (exact) mass is 530 g/mol. The van der Waals surface area contributed by atoms with Crippen LogP contribution in [0.4, 0.5) is 11.6 Å². The Morgan fingerprint density at radius 1 is 0.974 bits per heavy atom. The first-order valence-electron chi connectivity index (χ1n) is 14.0. The van der Waals surface area contributed by atoms with Gasteiger partial charge in [-0.1, -0.05) is 12.1 Å². The number of ether oxygens (including phenoxy) is 1. The van der Waals surface area contributed by atoms with E-state index in [1.54, 1.807) is 0 Å². The molecule has 0 aliphatic carbocycles. The van der Waals surface area contributed by atoms with Crippen LogP contribution in [-0.4, -0.2) is 88.6 Å². The number of carbonyl (C=O) groups excluding carboxylic acids is 1. The summed E-state index contributed by atoms with van der Waals surface area (Å²) < 4.78 is 7.39. The molecule has 0 unspecified atom stereocenters. The van der Waals surface area contributed by atoms with E-state index in [1.165, 1.54) is 5.69 Å². The van der Waals surface area contributed by atoms with Crippen LogP contribution in [-0.2, 0) is 23.1 Å². The highest BCUT2D eigenvalue weighted by Gasteiger charge is 2.46. The van der Waals surface area contributed by atoms with E-state index in [0.717, 1.165) is 92.9 Å². The first-order valence-corrected chi connectivity index (χ1v) is 14.0. The van der Waals surface area contributed by atoms with Crippen molar-refractivity contribution in [1.29, 1.82) is 0 Å². The van der Waals surface area contributed by atoms with E-state index in [0.29, 0.717) is 13.1 Å². The number of nitrogens with zero attached hydrogens (tertiary/aromatic N) is 7. The molecule has 3 aromatic rings. The average molecular weight is 531 g/mol. The van der Waals surface area contributed by atoms with Crippen molar-refractivity contribution in [2.24, 2.45) is 7.05 Å². The third kappa shape index (κ3) is 5.23. The molecule has 1 amide bonds. The lowest BCUT2D eigenvalue weighted by Crippen LogP contribution is -2.67. The Morgan fingerprint density at radius 2 is 1.72 bits per heavy atom. The number of benzene rings is 1. The minimum Gasteiger partial charge on any atom is -0.378 e. The Labute approximate surface area is 230 Å². The van der Waals surface area contributed by atoms with Crippen LogP contribution in [0.2, 0.25) is 0 Å². The smallest absolute Gasteiger partial charge is 0.243 e. The zero-order valence-corrected chi connectivity index (χ0v) is 23.2. The van der Waals surface area contributed by atoms with Crippen LogP contribution in [0.1, 0.15) is 29.9 Å². The number of amides is 1. The summed E-state index contributed by atoms with van der Waals surface area (Å²) in [5.74, 6) is 0.938. The third-order valence-corrected chi connectivity index (χ3v) is 8.19. The Morgan fingerprint density at radius 3 is 2.46 bits per heavy atom. The second-order valence-corrected chi connectivity index (χ2v) is 11.0. The number of morpholine rings is 1. The number of aryl methyl sites for hydroxylation is 3. The zero-order valence-electron chi connectivity index (χ0n) is 23.2. The molecule has 10 heteroatoms. The van der Waals surface area contributed by atoms with Gasteiger partial charge in [-0.05, 0) is 50.5 Å². The summed E-state index contributed by atoms with van der Waals surface area (Å²) in [6.45, 7) is 10.8. The summed E-state index contributed by atoms with van der Waals surface area (Å²) in [6.07, 6.45) is 3.53. The fourth-order valence-corrected chi connectivity index (χ4v) is 6.15. The number of nitrogens with one attached hydrogen (secondary N) is 1. The molecule has 206 valence electrons. The minimum atomic E-state index is -0.543. The lowest BCUT2D eigenvalue weighted by molar-refractivity contribution is -0.143. The fraction of sp³-hybridized carbons (Fsp3) is 0.517. The van der Waals surface area contributed by atoms with Crippen LogP contribution >= 0.6 is 0 Å². The summed E-state index contributed by atoms with van der Waals surface area (Å²) in [5.41, 5.74) is 5.73. The molecule has 3 saturated heterocycles. The van der Waals surface area contributed by atoms with Gasteiger partial charge < -0.3 is 24.8 Å². The lowest BCUT2D eigenvalue weighted by atomic mass is 9.84. The highest BCUT2D eigenvalue weighted by atomic mass is 16.5. The van der Waals surface area contributed by atoms with Crippen molar-refractivity contribution in [3.05, 3.63) is 53.6 Å². The van der Waals surface area contributed by atoms with E-state index in [2.05, 4.69) is 55.5 Å². The van der Waals surface area contributed by atoms with Gasteiger partial charge in [-0.3, -0.25) is 9.48 Å². The van der Waals surface area contributed by atoms with Crippen LogP contribution in [0, 0.1) is 13.8 Å². The maximum absolute atomic E-state index is 13.9. The molecule has 3 aliphatic heterocycles. The quantitative estimate of drug-likeness (QED) is 0.538. The molecular formula is C29H38N8O2. The topological polar surface area (TPSA) is 91.7 Å². The van der Waals surface area contributed by atoms with Crippen molar-refractivity contribution in [3.8, 4) is 11.1 Å². The first-order chi connectivity index (χ1) is 18.9. The summed E-state index contributed by atoms with van der Waals surface area (Å²) in [6, 6.07) is 10.6. The van der Waals surface area contributed by atoms with Gasteiger partial charge in [0.25, 0.3) is 0 Å². The van der Waals surface area contributed by atoms with E-state index in [-0.39, 0.29) is 5.91 Å². The second-order valence-electron chi connectivity index (χ2n) is 11.0. The number of aromatic nitrogens is 4. The Bertz CT molecular complexity index is 1320. The second kappa shape index (κ2) is 10.6. The number of piperazine rings is 1. The Balaban J connectivity index is 1.18. The van der Waals surface area contributed by atoms with Crippen LogP contribution < -0.4 is 15.1 Å². The molecule has 0 atom stereocenters. The molecule has 2 aromatic heterocycles. The molecule has 3 aliphatic rings. The summed E-state index contributed by atoms with van der Waals surface area (Å²) >= 11 is 0. The Hall–Kier alpha value is -3.50. The van der Waals surface area contributed by atoms with Crippen molar-refractivity contribution >= 4 is 17.5 Å². The molecule has 39 heavy (non-hydrogen) atoms. The number of rotatable bonds is 5.